The number of benzene rings is 7. The van der Waals surface area contributed by atoms with Crippen LogP contribution >= 0.6 is 0 Å². The highest BCUT2D eigenvalue weighted by Crippen LogP contribution is 2.51. The van der Waals surface area contributed by atoms with E-state index in [1.165, 1.54) is 88.7 Å². The van der Waals surface area contributed by atoms with Gasteiger partial charge in [-0.15, -0.1) is 0 Å². The van der Waals surface area contributed by atoms with Crippen molar-refractivity contribution < 1.29 is 0 Å². The maximum Gasteiger partial charge on any atom is 0.0468 e. The topological polar surface area (TPSA) is 3.24 Å². The molecule has 0 atom stereocenters. The summed E-state index contributed by atoms with van der Waals surface area (Å²) in [5.74, 6) is 0.920. The summed E-state index contributed by atoms with van der Waals surface area (Å²) in [6.07, 6.45) is 0. The van der Waals surface area contributed by atoms with Crippen LogP contribution in [0.5, 0.6) is 0 Å². The monoisotopic (exact) mass is 635 g/mol. The van der Waals surface area contributed by atoms with Gasteiger partial charge in [0.1, 0.15) is 0 Å². The van der Waals surface area contributed by atoms with E-state index < -0.39 is 0 Å². The Morgan fingerprint density at radius 3 is 1.37 bits per heavy atom. The largest absolute Gasteiger partial charge is 0.310 e. The number of anilines is 3. The number of hydrogen-bond acceptors (Lipinski definition) is 1. The van der Waals surface area contributed by atoms with Crippen LogP contribution < -0.4 is 4.90 Å². The normalized spacial score (nSPS) is 12.3. The van der Waals surface area contributed by atoms with Crippen molar-refractivity contribution in [2.75, 3.05) is 4.90 Å². The number of nitrogens with zero attached hydrogens (tertiary/aromatic N) is 1. The molecule has 8 rings (SSSR count). The molecule has 1 aliphatic rings. The van der Waals surface area contributed by atoms with Crippen molar-refractivity contribution in [2.45, 2.75) is 65.7 Å². The van der Waals surface area contributed by atoms with E-state index >= 15 is 0 Å². The van der Waals surface area contributed by atoms with Crippen molar-refractivity contribution in [3.8, 4) is 33.4 Å². The average molecular weight is 636 g/mol. The van der Waals surface area contributed by atoms with Gasteiger partial charge in [0.05, 0.1) is 0 Å². The molecule has 7 aromatic rings. The third-order valence-electron chi connectivity index (χ3n) is 10.4. The molecule has 0 bridgehead atoms. The van der Waals surface area contributed by atoms with E-state index in [0.29, 0.717) is 11.8 Å². The number of rotatable bonds is 6. The van der Waals surface area contributed by atoms with Gasteiger partial charge >= 0.3 is 0 Å². The summed E-state index contributed by atoms with van der Waals surface area (Å²) in [6, 6.07) is 50.6. The first-order valence-electron chi connectivity index (χ1n) is 17.8. The van der Waals surface area contributed by atoms with Crippen molar-refractivity contribution in [1.29, 1.82) is 0 Å². The average Bonchev–Trinajstić information content (AvgIpc) is 3.10. The van der Waals surface area contributed by atoms with Crippen LogP contribution in [0.3, 0.4) is 0 Å². The van der Waals surface area contributed by atoms with E-state index in [1.807, 2.05) is 0 Å². The Morgan fingerprint density at radius 2 is 0.857 bits per heavy atom. The molecular formula is C48H45N. The third-order valence-corrected chi connectivity index (χ3v) is 10.4. The van der Waals surface area contributed by atoms with Gasteiger partial charge in [0.25, 0.3) is 0 Å². The summed E-state index contributed by atoms with van der Waals surface area (Å²) in [5.41, 5.74) is 15.7. The summed E-state index contributed by atoms with van der Waals surface area (Å²) < 4.78 is 0. The Bertz CT molecular complexity index is 2310. The molecule has 0 fully saturated rings. The van der Waals surface area contributed by atoms with E-state index in [0.717, 1.165) is 0 Å². The van der Waals surface area contributed by atoms with Gasteiger partial charge in [-0.25, -0.2) is 0 Å². The molecule has 0 N–H and O–H groups in total. The van der Waals surface area contributed by atoms with Crippen LogP contribution in [0.1, 0.15) is 77.0 Å². The number of hydrogen-bond donors (Lipinski definition) is 0. The lowest BCUT2D eigenvalue weighted by atomic mass is 9.77. The minimum absolute atomic E-state index is 0.154. The Balaban J connectivity index is 1.18. The van der Waals surface area contributed by atoms with Crippen molar-refractivity contribution in [3.63, 3.8) is 0 Å². The molecule has 1 aliphatic carbocycles. The molecule has 0 saturated carbocycles. The Labute approximate surface area is 291 Å². The first-order valence-corrected chi connectivity index (χ1v) is 17.8. The van der Waals surface area contributed by atoms with Gasteiger partial charge in [-0.2, -0.15) is 0 Å². The van der Waals surface area contributed by atoms with Crippen LogP contribution in [0, 0.1) is 0 Å². The van der Waals surface area contributed by atoms with Crippen LogP contribution in [-0.2, 0) is 5.41 Å². The maximum atomic E-state index is 2.42. The third kappa shape index (κ3) is 5.62. The van der Waals surface area contributed by atoms with Crippen LogP contribution in [0.15, 0.2) is 133 Å². The molecule has 1 nitrogen and oxygen atoms in total. The minimum atomic E-state index is 0.154. The van der Waals surface area contributed by atoms with Crippen molar-refractivity contribution >= 4 is 38.6 Å². The zero-order chi connectivity index (χ0) is 34.0. The first kappa shape index (κ1) is 31.1. The molecule has 0 spiro atoms. The summed E-state index contributed by atoms with van der Waals surface area (Å²) in [4.78, 5) is 2.42. The SMILES string of the molecule is CC(C)c1cccc(N(c2cccc(C(C)C)c2)c2ccc3cc4c(cc3c2)-c2cc3ccc(-c5ccc(C(C)(C)C)cc5)cc3cc2-4)c1. The van der Waals surface area contributed by atoms with Gasteiger partial charge in [-0.1, -0.05) is 115 Å². The zero-order valence-corrected chi connectivity index (χ0v) is 29.8. The highest BCUT2D eigenvalue weighted by atomic mass is 15.1. The van der Waals surface area contributed by atoms with Gasteiger partial charge in [0.15, 0.2) is 0 Å². The summed E-state index contributed by atoms with van der Waals surface area (Å²) in [6.45, 7) is 15.9. The smallest absolute Gasteiger partial charge is 0.0468 e. The molecule has 0 radical (unpaired) electrons. The predicted molar refractivity (Wildman–Crippen MR) is 213 cm³/mol. The molecule has 49 heavy (non-hydrogen) atoms. The molecule has 0 aromatic heterocycles. The lowest BCUT2D eigenvalue weighted by molar-refractivity contribution is 0.590. The maximum absolute atomic E-state index is 2.42. The van der Waals surface area contributed by atoms with Crippen molar-refractivity contribution in [2.24, 2.45) is 0 Å². The second kappa shape index (κ2) is 11.8. The number of fused-ring (bicyclic) bond motifs is 6. The van der Waals surface area contributed by atoms with E-state index in [1.54, 1.807) is 0 Å². The summed E-state index contributed by atoms with van der Waals surface area (Å²) >= 11 is 0. The quantitative estimate of drug-likeness (QED) is 0.176. The summed E-state index contributed by atoms with van der Waals surface area (Å²) in [5, 5.41) is 5.11. The fraction of sp³-hybridized carbons (Fsp3) is 0.208. The second-order valence-corrected chi connectivity index (χ2v) is 15.6. The minimum Gasteiger partial charge on any atom is -0.310 e. The molecule has 0 heterocycles. The Kier molecular flexibility index (Phi) is 7.49. The molecule has 0 unspecified atom stereocenters. The molecule has 0 saturated heterocycles. The van der Waals surface area contributed by atoms with Crippen LogP contribution in [-0.4, -0.2) is 0 Å². The highest BCUT2D eigenvalue weighted by Gasteiger charge is 2.24. The van der Waals surface area contributed by atoms with Gasteiger partial charge < -0.3 is 4.90 Å². The van der Waals surface area contributed by atoms with Crippen LogP contribution in [0.4, 0.5) is 17.1 Å². The van der Waals surface area contributed by atoms with Gasteiger partial charge in [-0.3, -0.25) is 0 Å². The van der Waals surface area contributed by atoms with Crippen LogP contribution in [0.2, 0.25) is 0 Å². The lowest BCUT2D eigenvalue weighted by Crippen LogP contribution is -2.11. The Morgan fingerprint density at radius 1 is 0.408 bits per heavy atom. The van der Waals surface area contributed by atoms with E-state index in [2.05, 4.69) is 187 Å². The fourth-order valence-electron chi connectivity index (χ4n) is 7.39. The van der Waals surface area contributed by atoms with Crippen LogP contribution in [0.25, 0.3) is 54.9 Å². The standard InChI is InChI=1S/C48H45N/c1-30(2)33-10-8-12-41(23-33)49(42-13-9-11-34(24-42)31(3)4)43-21-18-37-27-45-46-28-38-22-35(32-16-19-40(20-17-32)48(5,6)7)14-15-36(38)26-44(46)47(45)29-39(37)25-43/h8-31H,1-7H3. The molecule has 0 amide bonds. The molecular weight excluding hydrogens is 591 g/mol. The fourth-order valence-corrected chi connectivity index (χ4v) is 7.39. The Hall–Kier alpha value is -5.14. The molecule has 1 heteroatoms. The van der Waals surface area contributed by atoms with E-state index in [9.17, 15) is 0 Å². The van der Waals surface area contributed by atoms with Gasteiger partial charge in [0.2, 0.25) is 0 Å². The predicted octanol–water partition coefficient (Wildman–Crippen LogP) is 14.3. The first-order chi connectivity index (χ1) is 23.5. The zero-order valence-electron chi connectivity index (χ0n) is 29.8. The van der Waals surface area contributed by atoms with Crippen molar-refractivity contribution in [3.05, 3.63) is 150 Å². The summed E-state index contributed by atoms with van der Waals surface area (Å²) in [7, 11) is 0. The van der Waals surface area contributed by atoms with Gasteiger partial charge in [0, 0.05) is 17.1 Å². The molecule has 7 aromatic carbocycles. The molecule has 0 aliphatic heterocycles. The molecule has 242 valence electrons. The van der Waals surface area contributed by atoms with E-state index in [-0.39, 0.29) is 5.41 Å². The highest BCUT2D eigenvalue weighted by molar-refractivity contribution is 6.12. The lowest BCUT2D eigenvalue weighted by Gasteiger charge is -2.28. The second-order valence-electron chi connectivity index (χ2n) is 15.6. The van der Waals surface area contributed by atoms with E-state index in [4.69, 9.17) is 0 Å². The van der Waals surface area contributed by atoms with Crippen molar-refractivity contribution in [1.82, 2.24) is 0 Å². The van der Waals surface area contributed by atoms with Gasteiger partial charge in [-0.05, 0) is 156 Å².